The lowest BCUT2D eigenvalue weighted by Crippen LogP contribution is -2.34. The topological polar surface area (TPSA) is 49.6 Å². The quantitative estimate of drug-likeness (QED) is 0.760. The molecule has 0 aromatic carbocycles. The minimum Gasteiger partial charge on any atom is -0.328 e. The molecule has 0 aliphatic carbocycles. The van der Waals surface area contributed by atoms with Crippen LogP contribution in [0.4, 0.5) is 4.79 Å². The molecule has 0 radical (unpaired) electrons. The van der Waals surface area contributed by atoms with Gasteiger partial charge in [0.15, 0.2) is 0 Å². The minimum atomic E-state index is 0.148. The Morgan fingerprint density at radius 2 is 2.07 bits per heavy atom. The van der Waals surface area contributed by atoms with Crippen LogP contribution < -0.4 is 5.73 Å². The van der Waals surface area contributed by atoms with E-state index in [4.69, 9.17) is 5.73 Å². The van der Waals surface area contributed by atoms with Crippen LogP contribution in [0, 0.1) is 5.92 Å². The number of urea groups is 1. The zero-order chi connectivity index (χ0) is 11.6. The number of nitrogens with zero attached hydrogens (tertiary/aromatic N) is 2. The number of hydrogen-bond donors (Lipinski definition) is 1. The maximum absolute atomic E-state index is 11.8. The highest BCUT2D eigenvalue weighted by atomic mass is 16.2. The van der Waals surface area contributed by atoms with Crippen molar-refractivity contribution < 1.29 is 4.79 Å². The summed E-state index contributed by atoms with van der Waals surface area (Å²) in [6.45, 7) is 7.92. The SMILES string of the molecule is CC(N)CCN1CC(C(C)C)N(C)C1=O. The van der Waals surface area contributed by atoms with E-state index in [9.17, 15) is 4.79 Å². The molecular weight excluding hydrogens is 190 g/mol. The van der Waals surface area contributed by atoms with Gasteiger partial charge in [-0.05, 0) is 19.3 Å². The van der Waals surface area contributed by atoms with E-state index < -0.39 is 0 Å². The zero-order valence-electron chi connectivity index (χ0n) is 10.2. The molecule has 1 fully saturated rings. The summed E-state index contributed by atoms with van der Waals surface area (Å²) in [7, 11) is 1.89. The van der Waals surface area contributed by atoms with E-state index in [2.05, 4.69) is 13.8 Å². The molecule has 0 aromatic heterocycles. The standard InChI is InChI=1S/C11H23N3O/c1-8(2)10-7-14(6-5-9(3)12)11(15)13(10)4/h8-10H,5-7,12H2,1-4H3. The van der Waals surface area contributed by atoms with Crippen LogP contribution in [0.5, 0.6) is 0 Å². The van der Waals surface area contributed by atoms with Crippen LogP contribution in [0.2, 0.25) is 0 Å². The Kier molecular flexibility index (Phi) is 3.97. The van der Waals surface area contributed by atoms with E-state index in [0.717, 1.165) is 19.5 Å². The van der Waals surface area contributed by atoms with Crippen molar-refractivity contribution in [3.8, 4) is 0 Å². The van der Waals surface area contributed by atoms with Gasteiger partial charge in [0, 0.05) is 26.2 Å². The molecule has 1 rings (SSSR count). The van der Waals surface area contributed by atoms with Gasteiger partial charge in [0.05, 0.1) is 6.04 Å². The molecule has 2 N–H and O–H groups in total. The molecule has 1 heterocycles. The van der Waals surface area contributed by atoms with Gasteiger partial charge in [-0.25, -0.2) is 4.79 Å². The second-order valence-electron chi connectivity index (χ2n) is 4.92. The molecule has 1 saturated heterocycles. The van der Waals surface area contributed by atoms with Crippen LogP contribution in [0.1, 0.15) is 27.2 Å². The lowest BCUT2D eigenvalue weighted by Gasteiger charge is -2.20. The second kappa shape index (κ2) is 4.84. The van der Waals surface area contributed by atoms with Crippen molar-refractivity contribution >= 4 is 6.03 Å². The van der Waals surface area contributed by atoms with E-state index in [1.54, 1.807) is 0 Å². The molecule has 1 aliphatic rings. The number of rotatable bonds is 4. The van der Waals surface area contributed by atoms with Crippen molar-refractivity contribution in [2.24, 2.45) is 11.7 Å². The first-order valence-electron chi connectivity index (χ1n) is 5.70. The normalized spacial score (nSPS) is 24.1. The fraction of sp³-hybridized carbons (Fsp3) is 0.909. The Balaban J connectivity index is 2.52. The fourth-order valence-corrected chi connectivity index (χ4v) is 2.00. The molecule has 4 heteroatoms. The number of hydrogen-bond acceptors (Lipinski definition) is 2. The maximum atomic E-state index is 11.8. The van der Waals surface area contributed by atoms with Crippen molar-refractivity contribution in [2.45, 2.75) is 39.3 Å². The Morgan fingerprint density at radius 1 is 1.47 bits per heavy atom. The average molecular weight is 213 g/mol. The molecular formula is C11H23N3O. The van der Waals surface area contributed by atoms with Crippen LogP contribution >= 0.6 is 0 Å². The third kappa shape index (κ3) is 2.84. The number of carbonyl (C=O) groups is 1. The van der Waals surface area contributed by atoms with Crippen LogP contribution in [0.15, 0.2) is 0 Å². The van der Waals surface area contributed by atoms with Crippen molar-refractivity contribution in [1.82, 2.24) is 9.80 Å². The molecule has 0 aromatic rings. The predicted octanol–water partition coefficient (Wildman–Crippen LogP) is 1.12. The van der Waals surface area contributed by atoms with Gasteiger partial charge in [0.2, 0.25) is 0 Å². The highest BCUT2D eigenvalue weighted by Gasteiger charge is 2.35. The van der Waals surface area contributed by atoms with Crippen LogP contribution in [0.25, 0.3) is 0 Å². The van der Waals surface area contributed by atoms with Crippen LogP contribution in [-0.4, -0.2) is 48.1 Å². The summed E-state index contributed by atoms with van der Waals surface area (Å²) in [5, 5.41) is 0. The van der Waals surface area contributed by atoms with E-state index in [0.29, 0.717) is 12.0 Å². The number of nitrogens with two attached hydrogens (primary N) is 1. The van der Waals surface area contributed by atoms with Gasteiger partial charge >= 0.3 is 6.03 Å². The van der Waals surface area contributed by atoms with Gasteiger partial charge in [-0.2, -0.15) is 0 Å². The van der Waals surface area contributed by atoms with Crippen molar-refractivity contribution in [1.29, 1.82) is 0 Å². The van der Waals surface area contributed by atoms with E-state index in [1.165, 1.54) is 0 Å². The summed E-state index contributed by atoms with van der Waals surface area (Å²) in [4.78, 5) is 15.6. The first-order chi connectivity index (χ1) is 6.93. The molecule has 0 spiro atoms. The third-order valence-corrected chi connectivity index (χ3v) is 3.10. The molecule has 88 valence electrons. The highest BCUT2D eigenvalue weighted by Crippen LogP contribution is 2.20. The van der Waals surface area contributed by atoms with Gasteiger partial charge in [-0.1, -0.05) is 13.8 Å². The van der Waals surface area contributed by atoms with E-state index in [-0.39, 0.29) is 12.1 Å². The number of amides is 2. The smallest absolute Gasteiger partial charge is 0.320 e. The summed E-state index contributed by atoms with van der Waals surface area (Å²) in [5.41, 5.74) is 5.69. The molecule has 2 amide bonds. The lowest BCUT2D eigenvalue weighted by atomic mass is 10.0. The van der Waals surface area contributed by atoms with Crippen molar-refractivity contribution in [3.05, 3.63) is 0 Å². The predicted molar refractivity (Wildman–Crippen MR) is 61.6 cm³/mol. The van der Waals surface area contributed by atoms with Gasteiger partial charge in [0.1, 0.15) is 0 Å². The summed E-state index contributed by atoms with van der Waals surface area (Å²) in [5.74, 6) is 0.513. The van der Waals surface area contributed by atoms with E-state index >= 15 is 0 Å². The van der Waals surface area contributed by atoms with Gasteiger partial charge < -0.3 is 15.5 Å². The third-order valence-electron chi connectivity index (χ3n) is 3.10. The van der Waals surface area contributed by atoms with Gasteiger partial charge in [0.25, 0.3) is 0 Å². The van der Waals surface area contributed by atoms with Crippen LogP contribution in [-0.2, 0) is 0 Å². The number of likely N-dealkylation sites (N-methyl/N-ethyl adjacent to an activating group) is 1. The molecule has 2 atom stereocenters. The zero-order valence-corrected chi connectivity index (χ0v) is 10.2. The largest absolute Gasteiger partial charge is 0.328 e. The maximum Gasteiger partial charge on any atom is 0.320 e. The highest BCUT2D eigenvalue weighted by molar-refractivity contribution is 5.76. The minimum absolute atomic E-state index is 0.148. The summed E-state index contributed by atoms with van der Waals surface area (Å²) < 4.78 is 0. The molecule has 0 saturated carbocycles. The average Bonchev–Trinajstić information content (AvgIpc) is 2.41. The Hall–Kier alpha value is -0.770. The lowest BCUT2D eigenvalue weighted by molar-refractivity contribution is 0.191. The van der Waals surface area contributed by atoms with Crippen molar-refractivity contribution in [2.75, 3.05) is 20.1 Å². The molecule has 2 unspecified atom stereocenters. The van der Waals surface area contributed by atoms with Crippen molar-refractivity contribution in [3.63, 3.8) is 0 Å². The molecule has 15 heavy (non-hydrogen) atoms. The summed E-state index contributed by atoms with van der Waals surface area (Å²) in [6.07, 6.45) is 0.879. The Morgan fingerprint density at radius 3 is 2.47 bits per heavy atom. The molecule has 4 nitrogen and oxygen atoms in total. The first-order valence-corrected chi connectivity index (χ1v) is 5.70. The second-order valence-corrected chi connectivity index (χ2v) is 4.92. The molecule has 1 aliphatic heterocycles. The Bertz CT molecular complexity index is 228. The van der Waals surface area contributed by atoms with E-state index in [1.807, 2.05) is 23.8 Å². The monoisotopic (exact) mass is 213 g/mol. The summed E-state index contributed by atoms with van der Waals surface area (Å²) in [6, 6.07) is 0.668. The van der Waals surface area contributed by atoms with Gasteiger partial charge in [-0.15, -0.1) is 0 Å². The number of carbonyl (C=O) groups excluding carboxylic acids is 1. The summed E-state index contributed by atoms with van der Waals surface area (Å²) >= 11 is 0. The van der Waals surface area contributed by atoms with Gasteiger partial charge in [-0.3, -0.25) is 0 Å². The molecule has 0 bridgehead atoms. The fourth-order valence-electron chi connectivity index (χ4n) is 2.00. The first kappa shape index (κ1) is 12.3. The van der Waals surface area contributed by atoms with Crippen LogP contribution in [0.3, 0.4) is 0 Å². The Labute approximate surface area is 92.4 Å².